The molecule has 0 unspecified atom stereocenters. The van der Waals surface area contributed by atoms with Crippen LogP contribution in [0.4, 0.5) is 0 Å². The number of rotatable bonds is 8. The second kappa shape index (κ2) is 10.2. The first kappa shape index (κ1) is 19.4. The average Bonchev–Trinajstić information content (AvgIpc) is 2.99. The van der Waals surface area contributed by atoms with Crippen LogP contribution in [0.5, 0.6) is 0 Å². The Bertz CT molecular complexity index is 602. The Balaban J connectivity index is 0.00000264. The fraction of sp³-hybridized carbons (Fsp3) is 0.400. The van der Waals surface area contributed by atoms with Crippen LogP contribution < -0.4 is 11.1 Å². The van der Waals surface area contributed by atoms with Gasteiger partial charge in [0.05, 0.1) is 0 Å². The molecule has 1 aromatic heterocycles. The first-order valence-corrected chi connectivity index (χ1v) is 7.62. The fourth-order valence-corrected chi connectivity index (χ4v) is 2.00. The number of nitrogens with one attached hydrogen (secondary N) is 1. The van der Waals surface area contributed by atoms with Crippen LogP contribution in [0.25, 0.3) is 11.4 Å². The van der Waals surface area contributed by atoms with E-state index in [-0.39, 0.29) is 18.3 Å². The molecule has 0 aliphatic carbocycles. The first-order valence-electron chi connectivity index (χ1n) is 7.24. The smallest absolute Gasteiger partial charge is 0.227 e. The zero-order chi connectivity index (χ0) is 15.8. The molecule has 1 amide bonds. The van der Waals surface area contributed by atoms with Gasteiger partial charge in [-0.15, -0.1) is 12.4 Å². The molecule has 126 valence electrons. The predicted molar refractivity (Wildman–Crippen MR) is 91.6 cm³/mol. The standard InChI is InChI=1S/C15H19ClN4O2.ClH/c16-12-5-3-11(4-6-12)15-19-14(22-20-15)8-7-13(21)18-10-2-1-9-17;/h3-6H,1-2,7-10,17H2,(H,18,21);1H. The molecule has 0 atom stereocenters. The van der Waals surface area contributed by atoms with Crippen LogP contribution in [0.2, 0.25) is 5.02 Å². The summed E-state index contributed by atoms with van der Waals surface area (Å²) < 4.78 is 5.15. The zero-order valence-corrected chi connectivity index (χ0v) is 14.2. The number of carbonyl (C=O) groups excluding carboxylic acids is 1. The largest absolute Gasteiger partial charge is 0.356 e. The number of carbonyl (C=O) groups is 1. The van der Waals surface area contributed by atoms with Gasteiger partial charge >= 0.3 is 0 Å². The van der Waals surface area contributed by atoms with Crippen LogP contribution in [-0.2, 0) is 11.2 Å². The van der Waals surface area contributed by atoms with E-state index in [1.54, 1.807) is 12.1 Å². The summed E-state index contributed by atoms with van der Waals surface area (Å²) in [6.45, 7) is 1.29. The molecule has 0 saturated heterocycles. The van der Waals surface area contributed by atoms with E-state index in [2.05, 4.69) is 15.5 Å². The van der Waals surface area contributed by atoms with Gasteiger partial charge in [0.2, 0.25) is 17.6 Å². The van der Waals surface area contributed by atoms with E-state index in [4.69, 9.17) is 21.9 Å². The number of hydrogen-bond donors (Lipinski definition) is 2. The highest BCUT2D eigenvalue weighted by atomic mass is 35.5. The first-order chi connectivity index (χ1) is 10.7. The Labute approximate surface area is 146 Å². The normalized spacial score (nSPS) is 10.2. The van der Waals surface area contributed by atoms with Gasteiger partial charge in [0.1, 0.15) is 0 Å². The van der Waals surface area contributed by atoms with Gasteiger partial charge in [-0.05, 0) is 43.7 Å². The molecule has 2 aromatic rings. The maximum atomic E-state index is 11.6. The molecule has 0 radical (unpaired) electrons. The highest BCUT2D eigenvalue weighted by Crippen LogP contribution is 2.18. The Hall–Kier alpha value is -1.63. The van der Waals surface area contributed by atoms with Gasteiger partial charge in [0.15, 0.2) is 0 Å². The highest BCUT2D eigenvalue weighted by molar-refractivity contribution is 6.30. The van der Waals surface area contributed by atoms with Crippen molar-refractivity contribution in [1.29, 1.82) is 0 Å². The van der Waals surface area contributed by atoms with Crippen molar-refractivity contribution in [2.45, 2.75) is 25.7 Å². The number of halogens is 2. The Morgan fingerprint density at radius 1 is 1.26 bits per heavy atom. The second-order valence-electron chi connectivity index (χ2n) is 4.86. The Kier molecular flexibility index (Phi) is 8.61. The quantitative estimate of drug-likeness (QED) is 0.707. The molecule has 6 nitrogen and oxygen atoms in total. The number of nitrogens with two attached hydrogens (primary N) is 1. The summed E-state index contributed by atoms with van der Waals surface area (Å²) in [5, 5.41) is 7.39. The summed E-state index contributed by atoms with van der Waals surface area (Å²) in [5.74, 6) is 0.917. The molecule has 0 bridgehead atoms. The van der Waals surface area contributed by atoms with E-state index < -0.39 is 0 Å². The monoisotopic (exact) mass is 358 g/mol. The molecule has 0 aliphatic rings. The van der Waals surface area contributed by atoms with Crippen molar-refractivity contribution in [2.24, 2.45) is 5.73 Å². The molecule has 8 heteroatoms. The topological polar surface area (TPSA) is 94.0 Å². The third kappa shape index (κ3) is 6.56. The number of nitrogens with zero attached hydrogens (tertiary/aromatic N) is 2. The summed E-state index contributed by atoms with van der Waals surface area (Å²) in [4.78, 5) is 15.9. The van der Waals surface area contributed by atoms with Crippen molar-refractivity contribution in [3.8, 4) is 11.4 Å². The number of benzene rings is 1. The summed E-state index contributed by atoms with van der Waals surface area (Å²) in [7, 11) is 0. The molecule has 3 N–H and O–H groups in total. The number of amides is 1. The fourth-order valence-electron chi connectivity index (χ4n) is 1.88. The lowest BCUT2D eigenvalue weighted by molar-refractivity contribution is -0.121. The lowest BCUT2D eigenvalue weighted by Crippen LogP contribution is -2.25. The Morgan fingerprint density at radius 3 is 2.70 bits per heavy atom. The van der Waals surface area contributed by atoms with E-state index in [1.807, 2.05) is 12.1 Å². The summed E-state index contributed by atoms with van der Waals surface area (Å²) in [6, 6.07) is 7.17. The van der Waals surface area contributed by atoms with E-state index in [0.717, 1.165) is 18.4 Å². The number of hydrogen-bond acceptors (Lipinski definition) is 5. The molecular formula is C15H20Cl2N4O2. The van der Waals surface area contributed by atoms with Crippen molar-refractivity contribution in [3.05, 3.63) is 35.2 Å². The van der Waals surface area contributed by atoms with Crippen LogP contribution in [-0.4, -0.2) is 29.1 Å². The van der Waals surface area contributed by atoms with Gasteiger partial charge in [0, 0.05) is 30.0 Å². The SMILES string of the molecule is Cl.NCCCCNC(=O)CCc1nc(-c2ccc(Cl)cc2)no1. The minimum Gasteiger partial charge on any atom is -0.356 e. The van der Waals surface area contributed by atoms with E-state index in [9.17, 15) is 4.79 Å². The van der Waals surface area contributed by atoms with Gasteiger partial charge in [-0.2, -0.15) is 4.98 Å². The maximum Gasteiger partial charge on any atom is 0.227 e. The van der Waals surface area contributed by atoms with Crippen molar-refractivity contribution >= 4 is 29.9 Å². The molecule has 2 rings (SSSR count). The van der Waals surface area contributed by atoms with Crippen LogP contribution in [0.15, 0.2) is 28.8 Å². The van der Waals surface area contributed by atoms with Crippen molar-refractivity contribution in [1.82, 2.24) is 15.5 Å². The van der Waals surface area contributed by atoms with Crippen LogP contribution >= 0.6 is 24.0 Å². The van der Waals surface area contributed by atoms with E-state index in [0.29, 0.717) is 42.7 Å². The number of unbranched alkanes of at least 4 members (excludes halogenated alkanes) is 1. The summed E-state index contributed by atoms with van der Waals surface area (Å²) in [6.07, 6.45) is 2.55. The third-order valence-electron chi connectivity index (χ3n) is 3.09. The molecule has 23 heavy (non-hydrogen) atoms. The van der Waals surface area contributed by atoms with Crippen LogP contribution in [0.1, 0.15) is 25.2 Å². The molecule has 1 aromatic carbocycles. The second-order valence-corrected chi connectivity index (χ2v) is 5.30. The van der Waals surface area contributed by atoms with Gasteiger partial charge in [-0.1, -0.05) is 16.8 Å². The molecule has 0 fully saturated rings. The van der Waals surface area contributed by atoms with E-state index in [1.165, 1.54) is 0 Å². The van der Waals surface area contributed by atoms with Crippen molar-refractivity contribution < 1.29 is 9.32 Å². The van der Waals surface area contributed by atoms with Crippen LogP contribution in [0.3, 0.4) is 0 Å². The molecule has 0 saturated carbocycles. The van der Waals surface area contributed by atoms with Crippen LogP contribution in [0, 0.1) is 0 Å². The summed E-state index contributed by atoms with van der Waals surface area (Å²) >= 11 is 5.83. The van der Waals surface area contributed by atoms with Gasteiger partial charge in [-0.3, -0.25) is 4.79 Å². The van der Waals surface area contributed by atoms with Crippen molar-refractivity contribution in [2.75, 3.05) is 13.1 Å². The predicted octanol–water partition coefficient (Wildman–Crippen LogP) is 2.60. The minimum atomic E-state index is -0.0248. The van der Waals surface area contributed by atoms with Gasteiger partial charge in [-0.25, -0.2) is 0 Å². The molecular weight excluding hydrogens is 339 g/mol. The zero-order valence-electron chi connectivity index (χ0n) is 12.6. The average molecular weight is 359 g/mol. The lowest BCUT2D eigenvalue weighted by Gasteiger charge is -2.02. The minimum absolute atomic E-state index is 0. The lowest BCUT2D eigenvalue weighted by atomic mass is 10.2. The maximum absolute atomic E-state index is 11.6. The van der Waals surface area contributed by atoms with Gasteiger partial charge < -0.3 is 15.6 Å². The van der Waals surface area contributed by atoms with Crippen molar-refractivity contribution in [3.63, 3.8) is 0 Å². The summed E-state index contributed by atoms with van der Waals surface area (Å²) in [5.41, 5.74) is 6.22. The third-order valence-corrected chi connectivity index (χ3v) is 3.34. The van der Waals surface area contributed by atoms with Gasteiger partial charge in [0.25, 0.3) is 0 Å². The number of aryl methyl sites for hydroxylation is 1. The highest BCUT2D eigenvalue weighted by Gasteiger charge is 2.10. The number of aromatic nitrogens is 2. The van der Waals surface area contributed by atoms with E-state index >= 15 is 0 Å². The molecule has 0 aliphatic heterocycles. The molecule has 0 spiro atoms. The molecule has 1 heterocycles. The Morgan fingerprint density at radius 2 is 2.00 bits per heavy atom.